The first-order chi connectivity index (χ1) is 16.0. The smallest absolute Gasteiger partial charge is 0.246 e. The number of nitriles is 1. The first kappa shape index (κ1) is 24.9. The van der Waals surface area contributed by atoms with Crippen molar-refractivity contribution < 1.29 is 22.1 Å². The van der Waals surface area contributed by atoms with Crippen LogP contribution in [0.1, 0.15) is 36.1 Å². The van der Waals surface area contributed by atoms with Gasteiger partial charge < -0.3 is 15.6 Å². The highest BCUT2D eigenvalue weighted by Gasteiger charge is 2.28. The summed E-state index contributed by atoms with van der Waals surface area (Å²) in [5.74, 6) is -0.665. The lowest BCUT2D eigenvalue weighted by Gasteiger charge is -2.14. The lowest BCUT2D eigenvalue weighted by Crippen LogP contribution is -2.45. The second-order valence-corrected chi connectivity index (χ2v) is 9.25. The van der Waals surface area contributed by atoms with Gasteiger partial charge in [-0.1, -0.05) is 5.16 Å². The van der Waals surface area contributed by atoms with E-state index < -0.39 is 27.8 Å². The molecule has 2 heterocycles. The molecule has 13 heteroatoms. The third-order valence-electron chi connectivity index (χ3n) is 5.03. The van der Waals surface area contributed by atoms with E-state index in [4.69, 9.17) is 10.3 Å². The number of anilines is 1. The first-order valence-electron chi connectivity index (χ1n) is 10.3. The number of benzene rings is 1. The summed E-state index contributed by atoms with van der Waals surface area (Å²) in [5.41, 5.74) is 7.38. The molecule has 0 fully saturated rings. The number of hydrogen-bond donors (Lipinski definition) is 3. The van der Waals surface area contributed by atoms with Crippen molar-refractivity contribution in [3.05, 3.63) is 52.8 Å². The second kappa shape index (κ2) is 10.0. The molecule has 0 aliphatic heterocycles. The molecule has 0 aliphatic carbocycles. The van der Waals surface area contributed by atoms with E-state index in [0.717, 1.165) is 0 Å². The summed E-state index contributed by atoms with van der Waals surface area (Å²) < 4.78 is 46.8. The largest absolute Gasteiger partial charge is 0.382 e. The minimum atomic E-state index is -3.99. The highest BCUT2D eigenvalue weighted by Crippen LogP contribution is 2.22. The van der Waals surface area contributed by atoms with Crippen LogP contribution in [0.5, 0.6) is 0 Å². The van der Waals surface area contributed by atoms with Gasteiger partial charge in [-0.3, -0.25) is 4.79 Å². The predicted octanol–water partition coefficient (Wildman–Crippen LogP) is 1.49. The Morgan fingerprint density at radius 1 is 1.32 bits per heavy atom. The fourth-order valence-electron chi connectivity index (χ4n) is 3.38. The van der Waals surface area contributed by atoms with Crippen LogP contribution in [-0.4, -0.2) is 41.8 Å². The highest BCUT2D eigenvalue weighted by molar-refractivity contribution is 7.89. The molecule has 4 N–H and O–H groups in total. The molecule has 0 aliphatic rings. The maximum Gasteiger partial charge on any atom is 0.246 e. The summed E-state index contributed by atoms with van der Waals surface area (Å²) in [6, 6.07) is 6.50. The van der Waals surface area contributed by atoms with Crippen LogP contribution in [0.4, 0.5) is 10.2 Å². The number of carbonyl (C=O) groups excluding carboxylic acids is 1. The number of nitrogens with zero attached hydrogens (tertiary/aromatic N) is 4. The third kappa shape index (κ3) is 5.24. The Labute approximate surface area is 195 Å². The molecular formula is C21H24FN7O4S. The number of carbonyl (C=O) groups is 1. The lowest BCUT2D eigenvalue weighted by molar-refractivity contribution is -0.122. The molecule has 2 aromatic heterocycles. The maximum atomic E-state index is 13.2. The molecule has 0 radical (unpaired) electrons. The summed E-state index contributed by atoms with van der Waals surface area (Å²) in [6.45, 7) is 4.60. The topological polar surface area (TPSA) is 169 Å². The zero-order valence-electron chi connectivity index (χ0n) is 18.8. The van der Waals surface area contributed by atoms with Crippen molar-refractivity contribution >= 4 is 21.7 Å². The molecule has 1 amide bonds. The van der Waals surface area contributed by atoms with Gasteiger partial charge in [0.15, 0.2) is 5.76 Å². The van der Waals surface area contributed by atoms with E-state index in [1.807, 2.05) is 6.07 Å². The number of hydrogen-bond acceptors (Lipinski definition) is 8. The van der Waals surface area contributed by atoms with Gasteiger partial charge in [-0.2, -0.15) is 15.1 Å². The average Bonchev–Trinajstić information content (AvgIpc) is 3.29. The third-order valence-corrected chi connectivity index (χ3v) is 6.81. The molecule has 3 rings (SSSR count). The monoisotopic (exact) mass is 489 g/mol. The van der Waals surface area contributed by atoms with Crippen LogP contribution in [0.3, 0.4) is 0 Å². The van der Waals surface area contributed by atoms with Gasteiger partial charge in [0, 0.05) is 6.54 Å². The van der Waals surface area contributed by atoms with Crippen molar-refractivity contribution in [1.82, 2.24) is 25.0 Å². The van der Waals surface area contributed by atoms with Crippen LogP contribution in [-0.2, 0) is 21.2 Å². The molecular weight excluding hydrogens is 465 g/mol. The van der Waals surface area contributed by atoms with E-state index in [9.17, 15) is 22.9 Å². The van der Waals surface area contributed by atoms with E-state index in [2.05, 4.69) is 20.3 Å². The van der Waals surface area contributed by atoms with Gasteiger partial charge in [0.05, 0.1) is 17.4 Å². The Bertz CT molecular complexity index is 1320. The summed E-state index contributed by atoms with van der Waals surface area (Å²) >= 11 is 0. The summed E-state index contributed by atoms with van der Waals surface area (Å²) in [7, 11) is -3.99. The van der Waals surface area contributed by atoms with Crippen molar-refractivity contribution in [1.29, 1.82) is 5.26 Å². The van der Waals surface area contributed by atoms with E-state index in [0.29, 0.717) is 24.2 Å². The van der Waals surface area contributed by atoms with Gasteiger partial charge >= 0.3 is 0 Å². The van der Waals surface area contributed by atoms with Crippen LogP contribution < -0.4 is 15.8 Å². The molecule has 1 atom stereocenters. The van der Waals surface area contributed by atoms with E-state index in [-0.39, 0.29) is 34.3 Å². The zero-order chi connectivity index (χ0) is 25.0. The molecule has 0 saturated heterocycles. The van der Waals surface area contributed by atoms with Crippen molar-refractivity contribution in [3.63, 3.8) is 0 Å². The highest BCUT2D eigenvalue weighted by atomic mass is 32.2. The number of rotatable bonds is 9. The second-order valence-electron chi connectivity index (χ2n) is 7.60. The SMILES string of the molecule is Cc1noc(C)c1S(=O)(=O)N[C@@H](C)C(=O)NCCCc1nn(-c2ccc(F)cc2)c(N)c1C#N. The van der Waals surface area contributed by atoms with Crippen molar-refractivity contribution in [2.75, 3.05) is 12.3 Å². The average molecular weight is 490 g/mol. The quantitative estimate of drug-likeness (QED) is 0.380. The number of aromatic nitrogens is 3. The Balaban J connectivity index is 1.58. The normalized spacial score (nSPS) is 12.3. The van der Waals surface area contributed by atoms with Gasteiger partial charge in [-0.25, -0.2) is 17.5 Å². The molecule has 0 spiro atoms. The van der Waals surface area contributed by atoms with Crippen LogP contribution in [0.25, 0.3) is 5.69 Å². The Morgan fingerprint density at radius 2 is 2.00 bits per heavy atom. The summed E-state index contributed by atoms with van der Waals surface area (Å²) in [4.78, 5) is 12.3. The molecule has 0 bridgehead atoms. The number of nitrogens with two attached hydrogens (primary N) is 1. The maximum absolute atomic E-state index is 13.2. The van der Waals surface area contributed by atoms with E-state index in [1.54, 1.807) is 0 Å². The molecule has 3 aromatic rings. The van der Waals surface area contributed by atoms with Crippen molar-refractivity contribution in [3.8, 4) is 11.8 Å². The minimum absolute atomic E-state index is 0.0921. The van der Waals surface area contributed by atoms with Gasteiger partial charge in [0.2, 0.25) is 15.9 Å². The number of halogens is 1. The predicted molar refractivity (Wildman–Crippen MR) is 120 cm³/mol. The van der Waals surface area contributed by atoms with Gasteiger partial charge in [-0.15, -0.1) is 0 Å². The fraction of sp³-hybridized carbons (Fsp3) is 0.333. The molecule has 1 aromatic carbocycles. The lowest BCUT2D eigenvalue weighted by atomic mass is 10.1. The molecule has 34 heavy (non-hydrogen) atoms. The van der Waals surface area contributed by atoms with Crippen LogP contribution >= 0.6 is 0 Å². The van der Waals surface area contributed by atoms with Gasteiger partial charge in [-0.05, 0) is 57.9 Å². The van der Waals surface area contributed by atoms with Crippen LogP contribution in [0.2, 0.25) is 0 Å². The Morgan fingerprint density at radius 3 is 2.59 bits per heavy atom. The minimum Gasteiger partial charge on any atom is -0.382 e. The first-order valence-corrected chi connectivity index (χ1v) is 11.8. The van der Waals surface area contributed by atoms with Gasteiger partial charge in [0.1, 0.15) is 33.9 Å². The summed E-state index contributed by atoms with van der Waals surface area (Å²) in [5, 5.41) is 20.1. The van der Waals surface area contributed by atoms with Gasteiger partial charge in [0.25, 0.3) is 0 Å². The zero-order valence-corrected chi connectivity index (χ0v) is 19.6. The van der Waals surface area contributed by atoms with Crippen molar-refractivity contribution in [2.24, 2.45) is 0 Å². The molecule has 11 nitrogen and oxygen atoms in total. The summed E-state index contributed by atoms with van der Waals surface area (Å²) in [6.07, 6.45) is 0.754. The van der Waals surface area contributed by atoms with Crippen LogP contribution in [0, 0.1) is 31.0 Å². The Kier molecular flexibility index (Phi) is 7.33. The molecule has 0 unspecified atom stereocenters. The molecule has 180 valence electrons. The number of sulfonamides is 1. The number of nitrogens with one attached hydrogen (secondary N) is 2. The Hall–Kier alpha value is -3.76. The fourth-order valence-corrected chi connectivity index (χ4v) is 4.91. The number of nitrogen functional groups attached to an aromatic ring is 1. The van der Waals surface area contributed by atoms with Crippen molar-refractivity contribution in [2.45, 2.75) is 44.6 Å². The van der Waals surface area contributed by atoms with E-state index >= 15 is 0 Å². The van der Waals surface area contributed by atoms with E-state index in [1.165, 1.54) is 49.7 Å². The number of amides is 1. The molecule has 0 saturated carbocycles. The van der Waals surface area contributed by atoms with Crippen LogP contribution in [0.15, 0.2) is 33.7 Å². The number of aryl methyl sites for hydroxylation is 3. The standard InChI is InChI=1S/C21H24FN7O4S/c1-12-19(14(3)33-27-12)34(31,32)28-13(2)21(30)25-10-4-5-18-17(11-23)20(24)29(26-18)16-8-6-15(22)7-9-16/h6-9,13,28H,4-5,10,24H2,1-3H3,(H,25,30)/t13-/m0/s1.